The maximum Gasteiger partial charge on any atom is 0.318 e. The van der Waals surface area contributed by atoms with E-state index in [1.54, 1.807) is 7.05 Å². The van der Waals surface area contributed by atoms with Gasteiger partial charge < -0.3 is 10.6 Å². The molecule has 0 spiro atoms. The number of pyridine rings is 1. The van der Waals surface area contributed by atoms with Gasteiger partial charge in [0.2, 0.25) is 5.82 Å². The van der Waals surface area contributed by atoms with Crippen LogP contribution in [0.4, 0.5) is 17.2 Å². The van der Waals surface area contributed by atoms with E-state index >= 15 is 0 Å². The first-order valence-electron chi connectivity index (χ1n) is 4.67. The van der Waals surface area contributed by atoms with Crippen molar-refractivity contribution in [3.05, 3.63) is 32.5 Å². The molecule has 0 aliphatic rings. The smallest absolute Gasteiger partial charge is 0.318 e. The molecule has 17 heavy (non-hydrogen) atoms. The van der Waals surface area contributed by atoms with E-state index in [0.29, 0.717) is 13.1 Å². The van der Waals surface area contributed by atoms with E-state index in [-0.39, 0.29) is 5.82 Å². The van der Waals surface area contributed by atoms with Crippen molar-refractivity contribution in [1.82, 2.24) is 4.98 Å². The van der Waals surface area contributed by atoms with Crippen LogP contribution in [0.3, 0.4) is 0 Å². The molecule has 1 rings (SSSR count). The number of nitro groups is 2. The van der Waals surface area contributed by atoms with Crippen molar-refractivity contribution in [3.8, 4) is 0 Å². The largest absolute Gasteiger partial charge is 0.353 e. The lowest BCUT2D eigenvalue weighted by Crippen LogP contribution is -2.26. The SMILES string of the molecule is CN(CCN)c1ncc([N+](=O)[O-])cc1[N+](=O)[O-]. The van der Waals surface area contributed by atoms with Crippen LogP contribution in [0.25, 0.3) is 0 Å². The molecule has 1 heterocycles. The van der Waals surface area contributed by atoms with Crippen LogP contribution in [-0.2, 0) is 0 Å². The van der Waals surface area contributed by atoms with Crippen LogP contribution in [0.1, 0.15) is 0 Å². The monoisotopic (exact) mass is 241 g/mol. The van der Waals surface area contributed by atoms with Crippen LogP contribution in [0.2, 0.25) is 0 Å². The van der Waals surface area contributed by atoms with E-state index in [0.717, 1.165) is 12.3 Å². The Morgan fingerprint density at radius 1 is 1.41 bits per heavy atom. The van der Waals surface area contributed by atoms with Gasteiger partial charge in [0, 0.05) is 20.1 Å². The molecule has 0 atom stereocenters. The zero-order valence-electron chi connectivity index (χ0n) is 9.07. The Balaban J connectivity index is 3.22. The van der Waals surface area contributed by atoms with Gasteiger partial charge in [-0.15, -0.1) is 0 Å². The third-order valence-electron chi connectivity index (χ3n) is 2.07. The lowest BCUT2D eigenvalue weighted by atomic mass is 10.3. The Kier molecular flexibility index (Phi) is 3.88. The van der Waals surface area contributed by atoms with Gasteiger partial charge in [-0.05, 0) is 0 Å². The maximum absolute atomic E-state index is 10.8. The van der Waals surface area contributed by atoms with Gasteiger partial charge in [0.1, 0.15) is 6.20 Å². The molecule has 92 valence electrons. The van der Waals surface area contributed by atoms with Crippen molar-refractivity contribution in [2.24, 2.45) is 5.73 Å². The van der Waals surface area contributed by atoms with E-state index in [1.807, 2.05) is 0 Å². The summed E-state index contributed by atoms with van der Waals surface area (Å²) in [6.07, 6.45) is 0.981. The Bertz CT molecular complexity index is 450. The predicted molar refractivity (Wildman–Crippen MR) is 59.9 cm³/mol. The first-order valence-corrected chi connectivity index (χ1v) is 4.67. The van der Waals surface area contributed by atoms with Crippen molar-refractivity contribution >= 4 is 17.2 Å². The maximum atomic E-state index is 10.8. The molecule has 0 aliphatic heterocycles. The van der Waals surface area contributed by atoms with Crippen molar-refractivity contribution in [2.75, 3.05) is 25.0 Å². The fraction of sp³-hybridized carbons (Fsp3) is 0.375. The van der Waals surface area contributed by atoms with Crippen LogP contribution < -0.4 is 10.6 Å². The summed E-state index contributed by atoms with van der Waals surface area (Å²) in [5, 5.41) is 21.3. The topological polar surface area (TPSA) is 128 Å². The Hall–Kier alpha value is -2.29. The molecule has 9 nitrogen and oxygen atoms in total. The summed E-state index contributed by atoms with van der Waals surface area (Å²) in [5.41, 5.74) is 4.50. The molecular weight excluding hydrogens is 230 g/mol. The molecular formula is C8H11N5O4. The minimum absolute atomic E-state index is 0.0612. The lowest BCUT2D eigenvalue weighted by Gasteiger charge is -2.16. The van der Waals surface area contributed by atoms with Gasteiger partial charge in [-0.25, -0.2) is 4.98 Å². The van der Waals surface area contributed by atoms with Crippen LogP contribution in [-0.4, -0.2) is 35.0 Å². The van der Waals surface area contributed by atoms with Crippen LogP contribution in [0, 0.1) is 20.2 Å². The molecule has 0 amide bonds. The molecule has 2 N–H and O–H groups in total. The van der Waals surface area contributed by atoms with Crippen LogP contribution in [0.15, 0.2) is 12.3 Å². The van der Waals surface area contributed by atoms with Gasteiger partial charge in [-0.2, -0.15) is 0 Å². The lowest BCUT2D eigenvalue weighted by molar-refractivity contribution is -0.394. The zero-order valence-corrected chi connectivity index (χ0v) is 9.07. The standard InChI is InChI=1S/C8H11N5O4/c1-11(3-2-9)8-7(13(16)17)4-6(5-10-8)12(14)15/h4-5H,2-3,9H2,1H3. The van der Waals surface area contributed by atoms with Crippen molar-refractivity contribution in [1.29, 1.82) is 0 Å². The molecule has 9 heteroatoms. The second-order valence-electron chi connectivity index (χ2n) is 3.26. The summed E-state index contributed by atoms with van der Waals surface area (Å²) in [6, 6.07) is 0.884. The number of aromatic nitrogens is 1. The summed E-state index contributed by atoms with van der Waals surface area (Å²) in [7, 11) is 1.58. The minimum Gasteiger partial charge on any atom is -0.353 e. The first kappa shape index (κ1) is 12.8. The van der Waals surface area contributed by atoms with Gasteiger partial charge in [0.05, 0.1) is 15.9 Å². The third-order valence-corrected chi connectivity index (χ3v) is 2.07. The fourth-order valence-electron chi connectivity index (χ4n) is 1.26. The second-order valence-corrected chi connectivity index (χ2v) is 3.26. The first-order chi connectivity index (χ1) is 7.97. The third kappa shape index (κ3) is 2.84. The summed E-state index contributed by atoms with van der Waals surface area (Å²) in [5.74, 6) is 0.0612. The quantitative estimate of drug-likeness (QED) is 0.579. The Morgan fingerprint density at radius 2 is 2.06 bits per heavy atom. The molecule has 0 unspecified atom stereocenters. The van der Waals surface area contributed by atoms with E-state index in [9.17, 15) is 20.2 Å². The minimum atomic E-state index is -0.729. The molecule has 0 aliphatic carbocycles. The highest BCUT2D eigenvalue weighted by molar-refractivity contribution is 5.60. The summed E-state index contributed by atoms with van der Waals surface area (Å²) in [6.45, 7) is 0.665. The van der Waals surface area contributed by atoms with E-state index in [4.69, 9.17) is 5.73 Å². The van der Waals surface area contributed by atoms with Gasteiger partial charge in [-0.3, -0.25) is 20.2 Å². The molecule has 0 saturated heterocycles. The molecule has 0 fully saturated rings. The predicted octanol–water partition coefficient (Wildman–Crippen LogP) is 0.293. The van der Waals surface area contributed by atoms with Crippen LogP contribution in [0.5, 0.6) is 0 Å². The summed E-state index contributed by atoms with van der Waals surface area (Å²) in [4.78, 5) is 25.0. The number of nitrogens with two attached hydrogens (primary N) is 1. The number of rotatable bonds is 5. The normalized spacial score (nSPS) is 10.0. The molecule has 0 aromatic carbocycles. The van der Waals surface area contributed by atoms with Gasteiger partial charge >= 0.3 is 5.69 Å². The summed E-state index contributed by atoms with van der Waals surface area (Å²) >= 11 is 0. The highest BCUT2D eigenvalue weighted by atomic mass is 16.6. The summed E-state index contributed by atoms with van der Waals surface area (Å²) < 4.78 is 0. The van der Waals surface area contributed by atoms with Crippen LogP contribution >= 0.6 is 0 Å². The highest BCUT2D eigenvalue weighted by Crippen LogP contribution is 2.28. The average Bonchev–Trinajstić information content (AvgIpc) is 2.28. The highest BCUT2D eigenvalue weighted by Gasteiger charge is 2.23. The van der Waals surface area contributed by atoms with Gasteiger partial charge in [0.15, 0.2) is 0 Å². The Morgan fingerprint density at radius 3 is 2.53 bits per heavy atom. The molecule has 0 bridgehead atoms. The van der Waals surface area contributed by atoms with Gasteiger partial charge in [-0.1, -0.05) is 0 Å². The number of hydrogen-bond donors (Lipinski definition) is 1. The van der Waals surface area contributed by atoms with Crippen molar-refractivity contribution < 1.29 is 9.85 Å². The van der Waals surface area contributed by atoms with E-state index in [1.165, 1.54) is 4.90 Å². The molecule has 0 saturated carbocycles. The molecule has 1 aromatic heterocycles. The van der Waals surface area contributed by atoms with Gasteiger partial charge in [0.25, 0.3) is 5.69 Å². The number of hydrogen-bond acceptors (Lipinski definition) is 7. The molecule has 0 radical (unpaired) electrons. The number of anilines is 1. The van der Waals surface area contributed by atoms with E-state index in [2.05, 4.69) is 4.98 Å². The number of likely N-dealkylation sites (N-methyl/N-ethyl adjacent to an activating group) is 1. The number of nitrogens with zero attached hydrogens (tertiary/aromatic N) is 4. The second kappa shape index (κ2) is 5.16. The van der Waals surface area contributed by atoms with E-state index < -0.39 is 21.2 Å². The fourth-order valence-corrected chi connectivity index (χ4v) is 1.26. The van der Waals surface area contributed by atoms with Crippen molar-refractivity contribution in [2.45, 2.75) is 0 Å². The van der Waals surface area contributed by atoms with Crippen molar-refractivity contribution in [3.63, 3.8) is 0 Å². The molecule has 1 aromatic rings. The average molecular weight is 241 g/mol. The zero-order chi connectivity index (χ0) is 13.0. The Labute approximate surface area is 96.2 Å².